The van der Waals surface area contributed by atoms with Gasteiger partial charge in [-0.15, -0.1) is 0 Å². The molecule has 0 heterocycles. The molecule has 1 fully saturated rings. The first kappa shape index (κ1) is 13.5. The molecule has 3 rings (SSSR count). The minimum absolute atomic E-state index is 0.0460. The van der Waals surface area contributed by atoms with Gasteiger partial charge >= 0.3 is 0 Å². The number of nitriles is 1. The normalized spacial score (nSPS) is 15.3. The Morgan fingerprint density at radius 1 is 1.24 bits per heavy atom. The summed E-state index contributed by atoms with van der Waals surface area (Å²) in [5.74, 6) is -0.398. The second-order valence-corrected chi connectivity index (χ2v) is 5.53. The smallest absolute Gasteiger partial charge is 0.159 e. The second kappa shape index (κ2) is 4.82. The van der Waals surface area contributed by atoms with E-state index in [2.05, 4.69) is 6.07 Å². The van der Waals surface area contributed by atoms with E-state index in [0.29, 0.717) is 16.7 Å². The number of carbonyl (C=O) groups excluding carboxylic acids is 1. The first-order valence-corrected chi connectivity index (χ1v) is 6.88. The van der Waals surface area contributed by atoms with Gasteiger partial charge in [0, 0.05) is 11.1 Å². The zero-order chi connectivity index (χ0) is 15.0. The van der Waals surface area contributed by atoms with E-state index >= 15 is 0 Å². The van der Waals surface area contributed by atoms with Crippen molar-refractivity contribution in [3.8, 4) is 17.2 Å². The Morgan fingerprint density at radius 2 is 2.00 bits per heavy atom. The number of halogens is 1. The van der Waals surface area contributed by atoms with E-state index in [0.717, 1.165) is 18.4 Å². The van der Waals surface area contributed by atoms with Gasteiger partial charge < -0.3 is 0 Å². The SMILES string of the molecule is CC(=O)c1cccc(-c2ccc(C3(C#N)CC3)cc2F)c1. The lowest BCUT2D eigenvalue weighted by Gasteiger charge is -2.10. The number of hydrogen-bond acceptors (Lipinski definition) is 2. The van der Waals surface area contributed by atoms with Crippen LogP contribution in [-0.2, 0) is 5.41 Å². The molecule has 0 atom stereocenters. The molecule has 0 bridgehead atoms. The predicted octanol–water partition coefficient (Wildman–Crippen LogP) is 4.25. The van der Waals surface area contributed by atoms with E-state index in [-0.39, 0.29) is 11.6 Å². The molecule has 0 N–H and O–H groups in total. The third kappa shape index (κ3) is 2.34. The maximum atomic E-state index is 14.4. The fourth-order valence-corrected chi connectivity index (χ4v) is 2.54. The lowest BCUT2D eigenvalue weighted by atomic mass is 9.94. The largest absolute Gasteiger partial charge is 0.295 e. The van der Waals surface area contributed by atoms with Gasteiger partial charge in [-0.1, -0.05) is 30.3 Å². The van der Waals surface area contributed by atoms with Gasteiger partial charge in [0.2, 0.25) is 0 Å². The van der Waals surface area contributed by atoms with E-state index in [4.69, 9.17) is 0 Å². The highest BCUT2D eigenvalue weighted by atomic mass is 19.1. The van der Waals surface area contributed by atoms with Crippen LogP contribution in [0, 0.1) is 17.1 Å². The highest BCUT2D eigenvalue weighted by Crippen LogP contribution is 2.48. The van der Waals surface area contributed by atoms with Crippen molar-refractivity contribution in [1.29, 1.82) is 5.26 Å². The zero-order valence-electron chi connectivity index (χ0n) is 11.7. The third-order valence-electron chi connectivity index (χ3n) is 4.07. The molecule has 0 unspecified atom stereocenters. The quantitative estimate of drug-likeness (QED) is 0.788. The number of rotatable bonds is 3. The molecule has 0 amide bonds. The molecule has 0 spiro atoms. The number of Topliss-reactive ketones (excluding diaryl/α,β-unsaturated/α-hetero) is 1. The number of carbonyl (C=O) groups is 1. The Labute approximate surface area is 122 Å². The maximum Gasteiger partial charge on any atom is 0.159 e. The minimum Gasteiger partial charge on any atom is -0.295 e. The second-order valence-electron chi connectivity index (χ2n) is 5.53. The van der Waals surface area contributed by atoms with Crippen LogP contribution in [-0.4, -0.2) is 5.78 Å². The number of nitrogens with zero attached hydrogens (tertiary/aromatic N) is 1. The van der Waals surface area contributed by atoms with E-state index in [1.165, 1.54) is 13.0 Å². The molecule has 104 valence electrons. The molecular formula is C18H14FNO. The molecule has 21 heavy (non-hydrogen) atoms. The molecule has 0 radical (unpaired) electrons. The Hall–Kier alpha value is -2.47. The van der Waals surface area contributed by atoms with Crippen LogP contribution in [0.3, 0.4) is 0 Å². The summed E-state index contributed by atoms with van der Waals surface area (Å²) >= 11 is 0. The van der Waals surface area contributed by atoms with Crippen LogP contribution < -0.4 is 0 Å². The van der Waals surface area contributed by atoms with Crippen LogP contribution in [0.15, 0.2) is 42.5 Å². The molecule has 1 aliphatic carbocycles. The Bertz CT molecular complexity index is 769. The monoisotopic (exact) mass is 279 g/mol. The molecule has 0 aliphatic heterocycles. The van der Waals surface area contributed by atoms with Crippen molar-refractivity contribution in [2.45, 2.75) is 25.2 Å². The molecule has 0 aromatic heterocycles. The van der Waals surface area contributed by atoms with Crippen LogP contribution >= 0.6 is 0 Å². The van der Waals surface area contributed by atoms with Crippen molar-refractivity contribution in [2.24, 2.45) is 0 Å². The summed E-state index contributed by atoms with van der Waals surface area (Å²) < 4.78 is 14.4. The molecule has 2 aromatic rings. The van der Waals surface area contributed by atoms with E-state index in [1.54, 1.807) is 30.3 Å². The summed E-state index contributed by atoms with van der Waals surface area (Å²) in [4.78, 5) is 11.4. The lowest BCUT2D eigenvalue weighted by Crippen LogP contribution is -2.03. The topological polar surface area (TPSA) is 40.9 Å². The molecule has 0 saturated heterocycles. The standard InChI is InChI=1S/C18H14FNO/c1-12(21)13-3-2-4-14(9-13)16-6-5-15(10-17(16)19)18(11-20)7-8-18/h2-6,9-10H,7-8H2,1H3. The number of benzene rings is 2. The number of ketones is 1. The summed E-state index contributed by atoms with van der Waals surface area (Å²) in [5, 5.41) is 9.17. The van der Waals surface area contributed by atoms with Gasteiger partial charge in [0.1, 0.15) is 5.82 Å². The molecule has 2 nitrogen and oxygen atoms in total. The molecular weight excluding hydrogens is 265 g/mol. The number of hydrogen-bond donors (Lipinski definition) is 0. The van der Waals surface area contributed by atoms with E-state index < -0.39 is 5.41 Å². The molecule has 1 aliphatic rings. The van der Waals surface area contributed by atoms with Crippen LogP contribution in [0.1, 0.15) is 35.7 Å². The summed E-state index contributed by atoms with van der Waals surface area (Å²) in [6.07, 6.45) is 1.59. The Balaban J connectivity index is 2.02. The van der Waals surface area contributed by atoms with Gasteiger partial charge in [0.25, 0.3) is 0 Å². The van der Waals surface area contributed by atoms with Crippen molar-refractivity contribution >= 4 is 5.78 Å². The summed E-state index contributed by atoms with van der Waals surface area (Å²) in [5.41, 5.74) is 1.95. The van der Waals surface area contributed by atoms with Gasteiger partial charge in [0.15, 0.2) is 5.78 Å². The highest BCUT2D eigenvalue weighted by molar-refractivity contribution is 5.95. The van der Waals surface area contributed by atoms with Gasteiger partial charge in [-0.25, -0.2) is 4.39 Å². The Kier molecular flexibility index (Phi) is 3.10. The van der Waals surface area contributed by atoms with Gasteiger partial charge in [-0.05, 0) is 43.0 Å². The van der Waals surface area contributed by atoms with Crippen molar-refractivity contribution < 1.29 is 9.18 Å². The first-order chi connectivity index (χ1) is 10.1. The van der Waals surface area contributed by atoms with Crippen molar-refractivity contribution in [3.63, 3.8) is 0 Å². The van der Waals surface area contributed by atoms with Crippen molar-refractivity contribution in [3.05, 3.63) is 59.4 Å². The third-order valence-corrected chi connectivity index (χ3v) is 4.07. The average molecular weight is 279 g/mol. The fraction of sp³-hybridized carbons (Fsp3) is 0.222. The minimum atomic E-state index is -0.486. The van der Waals surface area contributed by atoms with Crippen molar-refractivity contribution in [2.75, 3.05) is 0 Å². The maximum absolute atomic E-state index is 14.4. The van der Waals surface area contributed by atoms with E-state index in [9.17, 15) is 14.4 Å². The molecule has 2 aromatic carbocycles. The predicted molar refractivity (Wildman–Crippen MR) is 78.4 cm³/mol. The van der Waals surface area contributed by atoms with Crippen LogP contribution in [0.2, 0.25) is 0 Å². The Morgan fingerprint density at radius 3 is 2.57 bits per heavy atom. The van der Waals surface area contributed by atoms with Gasteiger partial charge in [-0.2, -0.15) is 5.26 Å². The van der Waals surface area contributed by atoms with Gasteiger partial charge in [0.05, 0.1) is 11.5 Å². The van der Waals surface area contributed by atoms with Crippen LogP contribution in [0.5, 0.6) is 0 Å². The lowest BCUT2D eigenvalue weighted by molar-refractivity contribution is 0.101. The van der Waals surface area contributed by atoms with Gasteiger partial charge in [-0.3, -0.25) is 4.79 Å². The average Bonchev–Trinajstić information content (AvgIpc) is 3.28. The first-order valence-electron chi connectivity index (χ1n) is 6.88. The highest BCUT2D eigenvalue weighted by Gasteiger charge is 2.45. The summed E-state index contributed by atoms with van der Waals surface area (Å²) in [6.45, 7) is 1.49. The zero-order valence-corrected chi connectivity index (χ0v) is 11.7. The van der Waals surface area contributed by atoms with Crippen LogP contribution in [0.25, 0.3) is 11.1 Å². The summed E-state index contributed by atoms with van der Waals surface area (Å²) in [6, 6.07) is 14.2. The van der Waals surface area contributed by atoms with E-state index in [1.807, 2.05) is 6.07 Å². The molecule has 3 heteroatoms. The summed E-state index contributed by atoms with van der Waals surface area (Å²) in [7, 11) is 0. The molecule has 1 saturated carbocycles. The fourth-order valence-electron chi connectivity index (χ4n) is 2.54. The van der Waals surface area contributed by atoms with Crippen molar-refractivity contribution in [1.82, 2.24) is 0 Å². The van der Waals surface area contributed by atoms with Crippen LogP contribution in [0.4, 0.5) is 4.39 Å².